The van der Waals surface area contributed by atoms with Crippen molar-refractivity contribution < 1.29 is 17.9 Å². The van der Waals surface area contributed by atoms with Gasteiger partial charge in [0.2, 0.25) is 10.0 Å². The number of rotatable bonds is 5. The van der Waals surface area contributed by atoms with E-state index in [2.05, 4.69) is 20.0 Å². The Balaban J connectivity index is 1.59. The van der Waals surface area contributed by atoms with Gasteiger partial charge in [-0.25, -0.2) is 18.4 Å². The molecule has 0 saturated carbocycles. The Morgan fingerprint density at radius 3 is 2.29 bits per heavy atom. The summed E-state index contributed by atoms with van der Waals surface area (Å²) in [5.74, 6) is 2.32. The summed E-state index contributed by atoms with van der Waals surface area (Å²) in [6.07, 6.45) is 0. The normalized spacial score (nSPS) is 15.5. The first-order valence-corrected chi connectivity index (χ1v) is 11.4. The third-order valence-electron chi connectivity index (χ3n) is 5.47. The van der Waals surface area contributed by atoms with Gasteiger partial charge >= 0.3 is 0 Å². The van der Waals surface area contributed by atoms with Crippen molar-refractivity contribution in [2.75, 3.05) is 45.3 Å². The maximum atomic E-state index is 13.2. The SMILES string of the molecule is COc1ccc(S(=O)(=O)N2CCN(c3nc(C)nc4c(C)nn(C)c34)CC2)cc1OC. The van der Waals surface area contributed by atoms with Gasteiger partial charge in [-0.05, 0) is 26.0 Å². The van der Waals surface area contributed by atoms with Crippen LogP contribution in [0.5, 0.6) is 11.5 Å². The van der Waals surface area contributed by atoms with Crippen LogP contribution >= 0.6 is 0 Å². The topological polar surface area (TPSA) is 103 Å². The van der Waals surface area contributed by atoms with Gasteiger partial charge in [0.1, 0.15) is 16.9 Å². The van der Waals surface area contributed by atoms with E-state index < -0.39 is 10.0 Å². The third kappa shape index (κ3) is 3.68. The second kappa shape index (κ2) is 7.97. The molecule has 2 aromatic heterocycles. The van der Waals surface area contributed by atoms with E-state index in [4.69, 9.17) is 9.47 Å². The molecular weight excluding hydrogens is 420 g/mol. The number of ether oxygens (including phenoxy) is 2. The molecule has 1 aliphatic heterocycles. The first-order chi connectivity index (χ1) is 14.8. The molecule has 10 nitrogen and oxygen atoms in total. The summed E-state index contributed by atoms with van der Waals surface area (Å²) >= 11 is 0. The summed E-state index contributed by atoms with van der Waals surface area (Å²) < 4.78 is 40.1. The molecule has 0 aliphatic carbocycles. The lowest BCUT2D eigenvalue weighted by Crippen LogP contribution is -2.49. The first-order valence-electron chi connectivity index (χ1n) is 9.91. The Morgan fingerprint density at radius 2 is 1.65 bits per heavy atom. The van der Waals surface area contributed by atoms with Crippen molar-refractivity contribution in [3.05, 3.63) is 29.7 Å². The van der Waals surface area contributed by atoms with Crippen LogP contribution in [0.1, 0.15) is 11.5 Å². The fourth-order valence-electron chi connectivity index (χ4n) is 3.91. The molecule has 166 valence electrons. The van der Waals surface area contributed by atoms with Gasteiger partial charge in [0.05, 0.1) is 24.8 Å². The van der Waals surface area contributed by atoms with Crippen molar-refractivity contribution in [3.8, 4) is 11.5 Å². The number of nitrogens with zero attached hydrogens (tertiary/aromatic N) is 6. The van der Waals surface area contributed by atoms with Gasteiger partial charge in [-0.2, -0.15) is 9.40 Å². The largest absolute Gasteiger partial charge is 0.493 e. The molecule has 4 rings (SSSR count). The monoisotopic (exact) mass is 446 g/mol. The molecule has 0 amide bonds. The van der Waals surface area contributed by atoms with Gasteiger partial charge in [-0.1, -0.05) is 0 Å². The summed E-state index contributed by atoms with van der Waals surface area (Å²) in [7, 11) is 1.21. The van der Waals surface area contributed by atoms with E-state index in [1.165, 1.54) is 24.6 Å². The van der Waals surface area contributed by atoms with Crippen LogP contribution in [-0.2, 0) is 17.1 Å². The Hall–Kier alpha value is -2.92. The van der Waals surface area contributed by atoms with Crippen molar-refractivity contribution in [1.29, 1.82) is 0 Å². The van der Waals surface area contributed by atoms with E-state index in [1.54, 1.807) is 16.8 Å². The summed E-state index contributed by atoms with van der Waals surface area (Å²) in [6.45, 7) is 5.50. The molecule has 0 radical (unpaired) electrons. The van der Waals surface area contributed by atoms with Crippen LogP contribution in [0.15, 0.2) is 23.1 Å². The maximum absolute atomic E-state index is 13.2. The van der Waals surface area contributed by atoms with Crippen LogP contribution in [0.3, 0.4) is 0 Å². The molecule has 0 N–H and O–H groups in total. The van der Waals surface area contributed by atoms with E-state index >= 15 is 0 Å². The summed E-state index contributed by atoms with van der Waals surface area (Å²) in [5.41, 5.74) is 2.53. The molecule has 31 heavy (non-hydrogen) atoms. The lowest BCUT2D eigenvalue weighted by Gasteiger charge is -2.35. The van der Waals surface area contributed by atoms with Gasteiger partial charge in [-0.15, -0.1) is 0 Å². The molecule has 3 aromatic rings. The molecule has 1 fully saturated rings. The van der Waals surface area contributed by atoms with Crippen molar-refractivity contribution in [2.24, 2.45) is 7.05 Å². The average Bonchev–Trinajstić information content (AvgIpc) is 3.05. The zero-order valence-electron chi connectivity index (χ0n) is 18.3. The zero-order chi connectivity index (χ0) is 22.3. The third-order valence-corrected chi connectivity index (χ3v) is 7.37. The molecule has 0 spiro atoms. The number of aryl methyl sites for hydroxylation is 3. The number of fused-ring (bicyclic) bond motifs is 1. The van der Waals surface area contributed by atoms with E-state index in [-0.39, 0.29) is 4.90 Å². The van der Waals surface area contributed by atoms with E-state index in [9.17, 15) is 8.42 Å². The number of piperazine rings is 1. The van der Waals surface area contributed by atoms with Gasteiger partial charge in [-0.3, -0.25) is 4.68 Å². The molecule has 1 aromatic carbocycles. The van der Waals surface area contributed by atoms with Gasteiger partial charge in [0, 0.05) is 39.3 Å². The van der Waals surface area contributed by atoms with Crippen molar-refractivity contribution >= 4 is 26.9 Å². The van der Waals surface area contributed by atoms with Crippen LogP contribution in [0.4, 0.5) is 5.82 Å². The van der Waals surface area contributed by atoms with Crippen LogP contribution in [0.25, 0.3) is 11.0 Å². The van der Waals surface area contributed by atoms with E-state index in [1.807, 2.05) is 20.9 Å². The molecule has 3 heterocycles. The predicted octanol–water partition coefficient (Wildman–Crippen LogP) is 1.51. The lowest BCUT2D eigenvalue weighted by atomic mass is 10.3. The molecule has 1 saturated heterocycles. The Morgan fingerprint density at radius 1 is 0.968 bits per heavy atom. The van der Waals surface area contributed by atoms with E-state index in [0.717, 1.165) is 22.5 Å². The zero-order valence-corrected chi connectivity index (χ0v) is 19.1. The molecule has 11 heteroatoms. The minimum atomic E-state index is -3.66. The number of aromatic nitrogens is 4. The van der Waals surface area contributed by atoms with Gasteiger partial charge < -0.3 is 14.4 Å². The molecule has 0 unspecified atom stereocenters. The smallest absolute Gasteiger partial charge is 0.243 e. The van der Waals surface area contributed by atoms with Crippen molar-refractivity contribution in [3.63, 3.8) is 0 Å². The summed E-state index contributed by atoms with van der Waals surface area (Å²) in [4.78, 5) is 11.4. The molecular formula is C20H26N6O4S. The Labute approximate surface area is 181 Å². The quantitative estimate of drug-likeness (QED) is 0.581. The minimum Gasteiger partial charge on any atom is -0.493 e. The Bertz CT molecular complexity index is 1230. The highest BCUT2D eigenvalue weighted by atomic mass is 32.2. The number of hydrogen-bond donors (Lipinski definition) is 0. The number of hydrogen-bond acceptors (Lipinski definition) is 8. The van der Waals surface area contributed by atoms with Crippen LogP contribution in [0.2, 0.25) is 0 Å². The minimum absolute atomic E-state index is 0.182. The number of methoxy groups -OCH3 is 2. The van der Waals surface area contributed by atoms with Crippen LogP contribution < -0.4 is 14.4 Å². The summed E-state index contributed by atoms with van der Waals surface area (Å²) in [6, 6.07) is 4.64. The first kappa shape index (κ1) is 21.3. The predicted molar refractivity (Wildman–Crippen MR) is 116 cm³/mol. The van der Waals surface area contributed by atoms with Gasteiger partial charge in [0.15, 0.2) is 17.3 Å². The maximum Gasteiger partial charge on any atom is 0.243 e. The van der Waals surface area contributed by atoms with Crippen molar-refractivity contribution in [1.82, 2.24) is 24.1 Å². The molecule has 0 bridgehead atoms. The van der Waals surface area contributed by atoms with Crippen molar-refractivity contribution in [2.45, 2.75) is 18.7 Å². The van der Waals surface area contributed by atoms with E-state index in [0.29, 0.717) is 43.5 Å². The number of anilines is 1. The van der Waals surface area contributed by atoms with Crippen LogP contribution in [-0.4, -0.2) is 72.9 Å². The van der Waals surface area contributed by atoms with Gasteiger partial charge in [0.25, 0.3) is 0 Å². The van der Waals surface area contributed by atoms with Crippen LogP contribution in [0, 0.1) is 13.8 Å². The number of sulfonamides is 1. The second-order valence-electron chi connectivity index (χ2n) is 7.41. The fraction of sp³-hybridized carbons (Fsp3) is 0.450. The highest BCUT2D eigenvalue weighted by molar-refractivity contribution is 7.89. The Kier molecular flexibility index (Phi) is 5.48. The second-order valence-corrected chi connectivity index (χ2v) is 9.35. The lowest BCUT2D eigenvalue weighted by molar-refractivity contribution is 0.353. The standard InChI is InChI=1S/C20H26N6O4S/c1-13-18-19(24(3)23-13)20(22-14(2)21-18)25-8-10-26(11-9-25)31(27,28)15-6-7-16(29-4)17(12-15)30-5/h6-7,12H,8-11H2,1-5H3. The highest BCUT2D eigenvalue weighted by Crippen LogP contribution is 2.32. The number of benzene rings is 1. The average molecular weight is 447 g/mol. The molecule has 1 aliphatic rings. The summed E-state index contributed by atoms with van der Waals surface area (Å²) in [5, 5.41) is 4.47. The highest BCUT2D eigenvalue weighted by Gasteiger charge is 2.31. The molecule has 0 atom stereocenters. The fourth-order valence-corrected chi connectivity index (χ4v) is 5.35.